The van der Waals surface area contributed by atoms with Crippen LogP contribution in [0.25, 0.3) is 0 Å². The lowest BCUT2D eigenvalue weighted by atomic mass is 9.87. The molecule has 9 nitrogen and oxygen atoms in total. The van der Waals surface area contributed by atoms with Crippen molar-refractivity contribution in [3.63, 3.8) is 0 Å². The number of nitriles is 1. The van der Waals surface area contributed by atoms with Crippen LogP contribution in [0.2, 0.25) is 5.02 Å². The Labute approximate surface area is 241 Å². The smallest absolute Gasteiger partial charge is 0.252 e. The third-order valence-corrected chi connectivity index (χ3v) is 7.32. The number of halogens is 5. The third-order valence-electron chi connectivity index (χ3n) is 6.98. The maximum Gasteiger partial charge on any atom is 0.252 e. The minimum absolute atomic E-state index is 0.00988. The predicted octanol–water partition coefficient (Wildman–Crippen LogP) is 4.46. The van der Waals surface area contributed by atoms with Gasteiger partial charge in [0.25, 0.3) is 11.8 Å². The lowest BCUT2D eigenvalue weighted by Crippen LogP contribution is -2.56. The number of anilines is 2. The summed E-state index contributed by atoms with van der Waals surface area (Å²) in [5.41, 5.74) is -0.428. The molecule has 1 aliphatic carbocycles. The highest BCUT2D eigenvalue weighted by atomic mass is 35.5. The molecule has 2 atom stereocenters. The van der Waals surface area contributed by atoms with Crippen LogP contribution in [0.4, 0.5) is 29.2 Å². The van der Waals surface area contributed by atoms with Gasteiger partial charge in [-0.25, -0.2) is 27.5 Å². The molecule has 1 N–H and O–H groups in total. The number of hydrogen-bond acceptors (Lipinski definition) is 6. The second-order valence-corrected chi connectivity index (χ2v) is 10.3. The maximum absolute atomic E-state index is 14.5. The summed E-state index contributed by atoms with van der Waals surface area (Å²) >= 11 is 6.43. The highest BCUT2D eigenvalue weighted by Gasteiger charge is 2.49. The van der Waals surface area contributed by atoms with Crippen LogP contribution in [0.5, 0.6) is 0 Å². The van der Waals surface area contributed by atoms with Crippen molar-refractivity contribution >= 4 is 41.0 Å². The van der Waals surface area contributed by atoms with Crippen LogP contribution in [-0.2, 0) is 14.4 Å². The molecule has 3 amide bonds. The summed E-state index contributed by atoms with van der Waals surface area (Å²) in [6, 6.07) is 7.26. The van der Waals surface area contributed by atoms with E-state index >= 15 is 0 Å². The number of nitrogens with one attached hydrogen (secondary N) is 1. The van der Waals surface area contributed by atoms with E-state index in [2.05, 4.69) is 15.3 Å². The van der Waals surface area contributed by atoms with Crippen molar-refractivity contribution in [2.24, 2.45) is 0 Å². The Morgan fingerprint density at radius 2 is 1.83 bits per heavy atom. The normalized spacial score (nSPS) is 18.6. The second kappa shape index (κ2) is 11.4. The number of carbonyl (C=O) groups is 3. The van der Waals surface area contributed by atoms with E-state index < -0.39 is 66.2 Å². The average Bonchev–Trinajstić information content (AvgIpc) is 3.31. The number of aromatic nitrogens is 2. The van der Waals surface area contributed by atoms with Crippen LogP contribution >= 0.6 is 11.6 Å². The quantitative estimate of drug-likeness (QED) is 0.400. The lowest BCUT2D eigenvalue weighted by Gasteiger charge is -2.39. The van der Waals surface area contributed by atoms with Gasteiger partial charge in [-0.05, 0) is 30.7 Å². The Kier molecular flexibility index (Phi) is 7.83. The summed E-state index contributed by atoms with van der Waals surface area (Å²) < 4.78 is 56.2. The topological polar surface area (TPSA) is 119 Å². The number of alkyl halides is 2. The third kappa shape index (κ3) is 5.75. The van der Waals surface area contributed by atoms with E-state index in [1.807, 2.05) is 6.07 Å². The average molecular weight is 601 g/mol. The highest BCUT2D eigenvalue weighted by molar-refractivity contribution is 6.31. The Morgan fingerprint density at radius 1 is 1.14 bits per heavy atom. The van der Waals surface area contributed by atoms with Gasteiger partial charge in [0.1, 0.15) is 35.5 Å². The fraction of sp³-hybridized carbons (Fsp3) is 0.286. The molecule has 2 aliphatic rings. The molecule has 0 radical (unpaired) electrons. The van der Waals surface area contributed by atoms with Crippen molar-refractivity contribution in [2.45, 2.75) is 49.7 Å². The molecular formula is C28H21ClF4N6O3. The lowest BCUT2D eigenvalue weighted by molar-refractivity contribution is -0.133. The van der Waals surface area contributed by atoms with Gasteiger partial charge in [-0.15, -0.1) is 0 Å². The van der Waals surface area contributed by atoms with Crippen molar-refractivity contribution in [1.29, 1.82) is 5.26 Å². The molecule has 2 aromatic carbocycles. The van der Waals surface area contributed by atoms with Gasteiger partial charge in [0, 0.05) is 48.2 Å². The van der Waals surface area contributed by atoms with Gasteiger partial charge in [0.2, 0.25) is 17.8 Å². The molecule has 1 saturated heterocycles. The van der Waals surface area contributed by atoms with E-state index in [9.17, 15) is 37.2 Å². The van der Waals surface area contributed by atoms with Crippen LogP contribution < -0.4 is 15.1 Å². The molecule has 0 spiro atoms. The Bertz CT molecular complexity index is 1590. The Balaban J connectivity index is 1.63. The predicted molar refractivity (Wildman–Crippen MR) is 141 cm³/mol. The zero-order chi connectivity index (χ0) is 30.2. The minimum Gasteiger partial charge on any atom is -0.351 e. The van der Waals surface area contributed by atoms with Crippen LogP contribution in [0.3, 0.4) is 0 Å². The fourth-order valence-electron chi connectivity index (χ4n) is 5.08. The molecule has 2 unspecified atom stereocenters. The van der Waals surface area contributed by atoms with E-state index in [0.717, 1.165) is 21.9 Å². The van der Waals surface area contributed by atoms with E-state index in [-0.39, 0.29) is 40.8 Å². The van der Waals surface area contributed by atoms with E-state index in [1.165, 1.54) is 30.5 Å². The molecule has 1 saturated carbocycles. The number of nitrogens with zero attached hydrogens (tertiary/aromatic N) is 5. The van der Waals surface area contributed by atoms with E-state index in [1.54, 1.807) is 6.07 Å². The molecule has 14 heteroatoms. The molecule has 42 heavy (non-hydrogen) atoms. The molecule has 1 aromatic heterocycles. The first-order valence-corrected chi connectivity index (χ1v) is 13.1. The number of amides is 3. The van der Waals surface area contributed by atoms with Crippen molar-refractivity contribution in [3.05, 3.63) is 82.6 Å². The molecule has 3 aromatic rings. The standard InChI is InChI=1S/C28H21ClF4N6O3/c29-21-4-2-1-3-20(21)24(25(41)36-18-12-28(32,33)13-18)38(19-10-15(30)9-16(31)11-19)26(42)22-5-6-23(40)39(22)27-35-8-7-17(14-34)37-27/h1-4,7-11,18,22,24H,5-6,12-13H2,(H,36,41). The van der Waals surface area contributed by atoms with Gasteiger partial charge in [0.15, 0.2) is 0 Å². The van der Waals surface area contributed by atoms with Gasteiger partial charge in [-0.3, -0.25) is 24.2 Å². The molecule has 5 rings (SSSR count). The molecular weight excluding hydrogens is 580 g/mol. The van der Waals surface area contributed by atoms with Crippen LogP contribution in [0.15, 0.2) is 54.7 Å². The summed E-state index contributed by atoms with van der Waals surface area (Å²) in [6.07, 6.45) is -0.260. The summed E-state index contributed by atoms with van der Waals surface area (Å²) in [7, 11) is 0. The summed E-state index contributed by atoms with van der Waals surface area (Å²) in [4.78, 5) is 50.9. The molecule has 216 valence electrons. The fourth-order valence-corrected chi connectivity index (χ4v) is 5.31. The SMILES string of the molecule is N#Cc1ccnc(N2C(=O)CCC2C(=O)N(c2cc(F)cc(F)c2)C(C(=O)NC2CC(F)(F)C2)c2ccccc2Cl)n1. The number of hydrogen-bond donors (Lipinski definition) is 1. The number of benzene rings is 2. The summed E-state index contributed by atoms with van der Waals surface area (Å²) in [5.74, 6) is -7.80. The Hall–Kier alpha value is -4.57. The largest absolute Gasteiger partial charge is 0.351 e. The molecule has 2 fully saturated rings. The van der Waals surface area contributed by atoms with Gasteiger partial charge >= 0.3 is 0 Å². The van der Waals surface area contributed by atoms with Gasteiger partial charge < -0.3 is 5.32 Å². The van der Waals surface area contributed by atoms with Crippen molar-refractivity contribution in [2.75, 3.05) is 9.80 Å². The first-order chi connectivity index (χ1) is 20.0. The van der Waals surface area contributed by atoms with Crippen molar-refractivity contribution in [3.8, 4) is 6.07 Å². The zero-order valence-electron chi connectivity index (χ0n) is 21.6. The first-order valence-electron chi connectivity index (χ1n) is 12.7. The van der Waals surface area contributed by atoms with Crippen LogP contribution in [0.1, 0.15) is 43.0 Å². The maximum atomic E-state index is 14.5. The second-order valence-electron chi connectivity index (χ2n) is 9.90. The summed E-state index contributed by atoms with van der Waals surface area (Å²) in [6.45, 7) is 0. The van der Waals surface area contributed by atoms with E-state index in [0.29, 0.717) is 6.07 Å². The zero-order valence-corrected chi connectivity index (χ0v) is 22.4. The molecule has 2 heterocycles. The van der Waals surface area contributed by atoms with Crippen LogP contribution in [-0.4, -0.2) is 45.7 Å². The summed E-state index contributed by atoms with van der Waals surface area (Å²) in [5, 5.41) is 11.8. The van der Waals surface area contributed by atoms with Crippen molar-refractivity contribution in [1.82, 2.24) is 15.3 Å². The number of rotatable bonds is 7. The molecule has 0 bridgehead atoms. The van der Waals surface area contributed by atoms with Gasteiger partial charge in [-0.2, -0.15) is 5.26 Å². The van der Waals surface area contributed by atoms with Crippen molar-refractivity contribution < 1.29 is 31.9 Å². The van der Waals surface area contributed by atoms with Crippen LogP contribution in [0, 0.1) is 23.0 Å². The van der Waals surface area contributed by atoms with Gasteiger partial charge in [-0.1, -0.05) is 29.8 Å². The highest BCUT2D eigenvalue weighted by Crippen LogP contribution is 2.40. The van der Waals surface area contributed by atoms with Gasteiger partial charge in [0.05, 0.1) is 5.69 Å². The minimum atomic E-state index is -2.97. The monoisotopic (exact) mass is 600 g/mol. The molecule has 1 aliphatic heterocycles. The first kappa shape index (κ1) is 28.9. The van der Waals surface area contributed by atoms with E-state index in [4.69, 9.17) is 11.6 Å². The number of carbonyl (C=O) groups excluding carboxylic acids is 3. The Morgan fingerprint density at radius 3 is 2.48 bits per heavy atom.